The molecule has 0 saturated heterocycles. The van der Waals surface area contributed by atoms with Gasteiger partial charge in [0.1, 0.15) is 5.70 Å². The largest absolute Gasteiger partial charge is 0.372 e. The number of hydrogen-bond acceptors (Lipinski definition) is 5. The minimum Gasteiger partial charge on any atom is -0.372 e. The summed E-state index contributed by atoms with van der Waals surface area (Å²) in [6.45, 7) is 7.97. The molecule has 31 heavy (non-hydrogen) atoms. The van der Waals surface area contributed by atoms with E-state index >= 15 is 0 Å². The number of rotatable bonds is 7. The highest BCUT2D eigenvalue weighted by Crippen LogP contribution is 2.36. The van der Waals surface area contributed by atoms with Gasteiger partial charge in [0, 0.05) is 29.3 Å². The molecule has 0 bridgehead atoms. The standard InChI is InChI=1S/C25H25N3O2S/c1-4-27(5-2)18-12-14-19(15-13-18)28-24(29)22(21-11-8-16-31-21)23(25(28)30)26-20-10-7-6-9-17(20)3/h6-16,26H,4-5H2,1-3H3. The molecule has 0 fully saturated rings. The van der Waals surface area contributed by atoms with E-state index in [0.29, 0.717) is 17.0 Å². The van der Waals surface area contributed by atoms with Gasteiger partial charge >= 0.3 is 0 Å². The van der Waals surface area contributed by atoms with Gasteiger partial charge in [-0.15, -0.1) is 11.3 Å². The predicted molar refractivity (Wildman–Crippen MR) is 129 cm³/mol. The molecule has 0 saturated carbocycles. The summed E-state index contributed by atoms with van der Waals surface area (Å²) >= 11 is 1.45. The quantitative estimate of drug-likeness (QED) is 0.516. The Bertz CT molecular complexity index is 1130. The lowest BCUT2D eigenvalue weighted by Crippen LogP contribution is -2.32. The van der Waals surface area contributed by atoms with Gasteiger partial charge in [-0.1, -0.05) is 24.3 Å². The van der Waals surface area contributed by atoms with Crippen LogP contribution in [0, 0.1) is 6.92 Å². The molecule has 0 unspecified atom stereocenters. The van der Waals surface area contributed by atoms with Gasteiger partial charge in [0.2, 0.25) is 0 Å². The number of carbonyl (C=O) groups is 2. The van der Waals surface area contributed by atoms with Gasteiger partial charge in [0.05, 0.1) is 11.3 Å². The molecule has 1 aromatic heterocycles. The summed E-state index contributed by atoms with van der Waals surface area (Å²) in [5, 5.41) is 5.15. The van der Waals surface area contributed by atoms with E-state index in [0.717, 1.165) is 34.9 Å². The van der Waals surface area contributed by atoms with Crippen molar-refractivity contribution in [1.29, 1.82) is 0 Å². The lowest BCUT2D eigenvalue weighted by molar-refractivity contribution is -0.120. The van der Waals surface area contributed by atoms with Crippen molar-refractivity contribution < 1.29 is 9.59 Å². The van der Waals surface area contributed by atoms with Crippen molar-refractivity contribution in [3.63, 3.8) is 0 Å². The molecule has 0 atom stereocenters. The number of amides is 2. The second-order valence-electron chi connectivity index (χ2n) is 7.30. The van der Waals surface area contributed by atoms with Crippen LogP contribution in [0.4, 0.5) is 17.1 Å². The maximum absolute atomic E-state index is 13.4. The molecule has 0 radical (unpaired) electrons. The van der Waals surface area contributed by atoms with Crippen LogP contribution in [0.25, 0.3) is 5.57 Å². The number of imide groups is 1. The SMILES string of the molecule is CCN(CC)c1ccc(N2C(=O)C(Nc3ccccc3C)=C(c3cccs3)C2=O)cc1. The fourth-order valence-electron chi connectivity index (χ4n) is 3.78. The highest BCUT2D eigenvalue weighted by Gasteiger charge is 2.40. The molecule has 1 aliphatic rings. The molecular weight excluding hydrogens is 406 g/mol. The first-order valence-electron chi connectivity index (χ1n) is 10.4. The van der Waals surface area contributed by atoms with Crippen molar-refractivity contribution >= 4 is 45.8 Å². The number of carbonyl (C=O) groups excluding carboxylic acids is 2. The number of nitrogens with zero attached hydrogens (tertiary/aromatic N) is 2. The molecule has 3 aromatic rings. The summed E-state index contributed by atoms with van der Waals surface area (Å²) in [5.74, 6) is -0.647. The first kappa shape index (κ1) is 20.9. The highest BCUT2D eigenvalue weighted by atomic mass is 32.1. The lowest BCUT2D eigenvalue weighted by Gasteiger charge is -2.22. The lowest BCUT2D eigenvalue weighted by atomic mass is 10.1. The van der Waals surface area contributed by atoms with Crippen LogP contribution in [0.1, 0.15) is 24.3 Å². The van der Waals surface area contributed by atoms with Crippen molar-refractivity contribution in [2.45, 2.75) is 20.8 Å². The Morgan fingerprint density at radius 1 is 0.903 bits per heavy atom. The van der Waals surface area contributed by atoms with Gasteiger partial charge in [-0.2, -0.15) is 0 Å². The Labute approximate surface area is 186 Å². The Hall–Kier alpha value is -3.38. The molecule has 4 rings (SSSR count). The van der Waals surface area contributed by atoms with Gasteiger partial charge in [-0.05, 0) is 68.1 Å². The van der Waals surface area contributed by atoms with Crippen molar-refractivity contribution in [2.24, 2.45) is 0 Å². The van der Waals surface area contributed by atoms with E-state index in [-0.39, 0.29) is 11.8 Å². The Kier molecular flexibility index (Phi) is 5.91. The van der Waals surface area contributed by atoms with E-state index in [4.69, 9.17) is 0 Å². The summed E-state index contributed by atoms with van der Waals surface area (Å²) < 4.78 is 0. The molecule has 6 heteroatoms. The zero-order valence-corrected chi connectivity index (χ0v) is 18.7. The highest BCUT2D eigenvalue weighted by molar-refractivity contribution is 7.11. The van der Waals surface area contributed by atoms with Crippen LogP contribution in [0.5, 0.6) is 0 Å². The van der Waals surface area contributed by atoms with Crippen LogP contribution >= 0.6 is 11.3 Å². The third kappa shape index (κ3) is 3.86. The second kappa shape index (κ2) is 8.78. The first-order chi connectivity index (χ1) is 15.0. The van der Waals surface area contributed by atoms with E-state index in [1.807, 2.05) is 73.0 Å². The molecule has 2 amide bonds. The van der Waals surface area contributed by atoms with Crippen LogP contribution in [-0.2, 0) is 9.59 Å². The molecule has 158 valence electrons. The third-order valence-corrected chi connectivity index (χ3v) is 6.38. The van der Waals surface area contributed by atoms with Crippen LogP contribution < -0.4 is 15.1 Å². The van der Waals surface area contributed by atoms with Gasteiger partial charge in [-0.3, -0.25) is 9.59 Å². The van der Waals surface area contributed by atoms with Crippen molar-refractivity contribution in [2.75, 3.05) is 28.2 Å². The first-order valence-corrected chi connectivity index (χ1v) is 11.3. The molecule has 2 heterocycles. The fraction of sp³-hybridized carbons (Fsp3) is 0.200. The monoisotopic (exact) mass is 431 g/mol. The minimum absolute atomic E-state index is 0.306. The molecule has 0 spiro atoms. The smallest absolute Gasteiger partial charge is 0.282 e. The molecule has 2 aromatic carbocycles. The molecule has 5 nitrogen and oxygen atoms in total. The van der Waals surface area contributed by atoms with E-state index in [1.54, 1.807) is 0 Å². The number of benzene rings is 2. The third-order valence-electron chi connectivity index (χ3n) is 5.49. The average Bonchev–Trinajstić information content (AvgIpc) is 3.38. The van der Waals surface area contributed by atoms with Crippen molar-refractivity contribution in [3.8, 4) is 0 Å². The van der Waals surface area contributed by atoms with Crippen LogP contribution in [0.3, 0.4) is 0 Å². The number of nitrogens with one attached hydrogen (secondary N) is 1. The Morgan fingerprint density at radius 2 is 1.61 bits per heavy atom. The van der Waals surface area contributed by atoms with Crippen molar-refractivity contribution in [1.82, 2.24) is 0 Å². The number of para-hydroxylation sites is 1. The zero-order chi connectivity index (χ0) is 22.0. The molecule has 1 N–H and O–H groups in total. The van der Waals surface area contributed by atoms with Gasteiger partial charge in [0.15, 0.2) is 0 Å². The summed E-state index contributed by atoms with van der Waals surface area (Å²) in [4.78, 5) is 31.1. The van der Waals surface area contributed by atoms with Crippen LogP contribution in [0.2, 0.25) is 0 Å². The Balaban J connectivity index is 1.72. The summed E-state index contributed by atoms with van der Waals surface area (Å²) in [6.07, 6.45) is 0. The van der Waals surface area contributed by atoms with E-state index in [1.165, 1.54) is 16.2 Å². The predicted octanol–water partition coefficient (Wildman–Crippen LogP) is 5.30. The maximum atomic E-state index is 13.4. The summed E-state index contributed by atoms with van der Waals surface area (Å²) in [5.41, 5.74) is 4.18. The molecule has 1 aliphatic heterocycles. The van der Waals surface area contributed by atoms with Gasteiger partial charge in [-0.25, -0.2) is 4.90 Å². The topological polar surface area (TPSA) is 52.6 Å². The Morgan fingerprint density at radius 3 is 2.23 bits per heavy atom. The van der Waals surface area contributed by atoms with E-state index < -0.39 is 0 Å². The van der Waals surface area contributed by atoms with E-state index in [2.05, 4.69) is 24.1 Å². The van der Waals surface area contributed by atoms with Crippen LogP contribution in [-0.4, -0.2) is 24.9 Å². The number of anilines is 3. The average molecular weight is 432 g/mol. The summed E-state index contributed by atoms with van der Waals surface area (Å²) in [7, 11) is 0. The summed E-state index contributed by atoms with van der Waals surface area (Å²) in [6, 6.07) is 19.1. The minimum atomic E-state index is -0.341. The van der Waals surface area contributed by atoms with Gasteiger partial charge < -0.3 is 10.2 Å². The van der Waals surface area contributed by atoms with E-state index in [9.17, 15) is 9.59 Å². The van der Waals surface area contributed by atoms with Crippen LogP contribution in [0.15, 0.2) is 71.7 Å². The van der Waals surface area contributed by atoms with Gasteiger partial charge in [0.25, 0.3) is 11.8 Å². The normalized spacial score (nSPS) is 13.8. The number of hydrogen-bond donors (Lipinski definition) is 1. The number of aryl methyl sites for hydroxylation is 1. The molecule has 0 aliphatic carbocycles. The molecular formula is C25H25N3O2S. The second-order valence-corrected chi connectivity index (χ2v) is 8.25. The maximum Gasteiger partial charge on any atom is 0.282 e. The zero-order valence-electron chi connectivity index (χ0n) is 17.9. The van der Waals surface area contributed by atoms with Crippen molar-refractivity contribution in [3.05, 3.63) is 82.2 Å². The fourth-order valence-corrected chi connectivity index (χ4v) is 4.55. The number of thiophene rings is 1.